The smallest absolute Gasteiger partial charge is 0.262 e. The lowest BCUT2D eigenvalue weighted by molar-refractivity contribution is -0.119. The number of nitrogens with one attached hydrogen (secondary N) is 1. The van der Waals surface area contributed by atoms with Crippen LogP contribution in [0, 0.1) is 0 Å². The summed E-state index contributed by atoms with van der Waals surface area (Å²) >= 11 is 2.93. The number of aromatic nitrogens is 2. The zero-order chi connectivity index (χ0) is 18.0. The molecule has 0 saturated heterocycles. The minimum atomic E-state index is -0.0885. The summed E-state index contributed by atoms with van der Waals surface area (Å²) in [7, 11) is 3.34. The number of thiophene rings is 1. The van der Waals surface area contributed by atoms with Crippen molar-refractivity contribution in [1.29, 1.82) is 0 Å². The normalized spacial score (nSPS) is 15.2. The van der Waals surface area contributed by atoms with Crippen molar-refractivity contribution in [2.45, 2.75) is 43.8 Å². The third kappa shape index (κ3) is 3.91. The van der Waals surface area contributed by atoms with Crippen LogP contribution in [-0.2, 0) is 29.4 Å². The standard InChI is InChI=1S/C17H23N3O3S2/c1-10(8-23-3)18-13(21)9-24-17-19-15-14(16(22)20(17)2)11-6-4-5-7-12(11)25-15/h10H,4-9H2,1-3H3,(H,18,21). The highest BCUT2D eigenvalue weighted by Crippen LogP contribution is 2.34. The predicted octanol–water partition coefficient (Wildman–Crippen LogP) is 2.12. The van der Waals surface area contributed by atoms with Gasteiger partial charge < -0.3 is 10.1 Å². The van der Waals surface area contributed by atoms with E-state index < -0.39 is 0 Å². The average Bonchev–Trinajstić information content (AvgIpc) is 2.95. The number of thioether (sulfide) groups is 1. The van der Waals surface area contributed by atoms with Crippen LogP contribution in [0.2, 0.25) is 0 Å². The third-order valence-corrected chi connectivity index (χ3v) is 6.53. The summed E-state index contributed by atoms with van der Waals surface area (Å²) in [6.07, 6.45) is 4.33. The molecule has 1 aliphatic rings. The zero-order valence-electron chi connectivity index (χ0n) is 14.8. The summed E-state index contributed by atoms with van der Waals surface area (Å²) < 4.78 is 6.58. The number of rotatable bonds is 6. The van der Waals surface area contributed by atoms with Gasteiger partial charge in [0.25, 0.3) is 5.56 Å². The van der Waals surface area contributed by atoms with Gasteiger partial charge in [-0.15, -0.1) is 11.3 Å². The van der Waals surface area contributed by atoms with Crippen molar-refractivity contribution < 1.29 is 9.53 Å². The Kier molecular flexibility index (Phi) is 5.81. The number of ether oxygens (including phenoxy) is 1. The van der Waals surface area contributed by atoms with Gasteiger partial charge in [-0.25, -0.2) is 4.98 Å². The van der Waals surface area contributed by atoms with Crippen LogP contribution in [0.1, 0.15) is 30.2 Å². The summed E-state index contributed by atoms with van der Waals surface area (Å²) in [6.45, 7) is 2.36. The molecule has 2 heterocycles. The maximum absolute atomic E-state index is 12.8. The first-order chi connectivity index (χ1) is 12.0. The Morgan fingerprint density at radius 1 is 1.44 bits per heavy atom. The molecule has 8 heteroatoms. The van der Waals surface area contributed by atoms with Crippen LogP contribution >= 0.6 is 23.1 Å². The van der Waals surface area contributed by atoms with Crippen molar-refractivity contribution in [2.24, 2.45) is 7.05 Å². The van der Waals surface area contributed by atoms with E-state index in [0.29, 0.717) is 11.8 Å². The molecule has 0 spiro atoms. The van der Waals surface area contributed by atoms with Crippen LogP contribution in [0.15, 0.2) is 9.95 Å². The van der Waals surface area contributed by atoms with Gasteiger partial charge in [-0.05, 0) is 38.2 Å². The lowest BCUT2D eigenvalue weighted by atomic mass is 9.97. The number of aryl methyl sites for hydroxylation is 2. The van der Waals surface area contributed by atoms with E-state index in [2.05, 4.69) is 10.3 Å². The van der Waals surface area contributed by atoms with Gasteiger partial charge in [0.15, 0.2) is 5.16 Å². The number of methoxy groups -OCH3 is 1. The summed E-state index contributed by atoms with van der Waals surface area (Å²) in [5, 5.41) is 4.24. The first-order valence-corrected chi connectivity index (χ1v) is 10.2. The summed E-state index contributed by atoms with van der Waals surface area (Å²) in [5.41, 5.74) is 1.20. The largest absolute Gasteiger partial charge is 0.383 e. The van der Waals surface area contributed by atoms with Gasteiger partial charge in [0, 0.05) is 25.1 Å². The SMILES string of the molecule is COCC(C)NC(=O)CSc1nc2sc3c(c2c(=O)n1C)CCCC3. The van der Waals surface area contributed by atoms with Gasteiger partial charge in [0.05, 0.1) is 17.7 Å². The van der Waals surface area contributed by atoms with Crippen LogP contribution in [-0.4, -0.2) is 41.0 Å². The predicted molar refractivity (Wildman–Crippen MR) is 102 cm³/mol. The fourth-order valence-electron chi connectivity index (χ4n) is 3.13. The molecule has 0 radical (unpaired) electrons. The van der Waals surface area contributed by atoms with Crippen LogP contribution in [0.3, 0.4) is 0 Å². The van der Waals surface area contributed by atoms with E-state index in [1.807, 2.05) is 6.92 Å². The second-order valence-corrected chi connectivity index (χ2v) is 8.39. The van der Waals surface area contributed by atoms with Crippen molar-refractivity contribution >= 4 is 39.2 Å². The molecule has 1 unspecified atom stereocenters. The Labute approximate surface area is 155 Å². The van der Waals surface area contributed by atoms with Crippen molar-refractivity contribution in [2.75, 3.05) is 19.5 Å². The second-order valence-electron chi connectivity index (χ2n) is 6.36. The molecule has 0 saturated carbocycles. The maximum atomic E-state index is 12.8. The van der Waals surface area contributed by atoms with Gasteiger partial charge in [-0.3, -0.25) is 14.2 Å². The molecule has 136 valence electrons. The molecule has 0 fully saturated rings. The summed E-state index contributed by atoms with van der Waals surface area (Å²) in [6, 6.07) is -0.0404. The molecule has 0 bridgehead atoms. The Morgan fingerprint density at radius 3 is 2.96 bits per heavy atom. The quantitative estimate of drug-likeness (QED) is 0.613. The van der Waals surface area contributed by atoms with E-state index in [1.54, 1.807) is 30.1 Å². The van der Waals surface area contributed by atoms with Crippen molar-refractivity contribution in [1.82, 2.24) is 14.9 Å². The molecular weight excluding hydrogens is 358 g/mol. The van der Waals surface area contributed by atoms with Crippen molar-refractivity contribution in [3.05, 3.63) is 20.8 Å². The van der Waals surface area contributed by atoms with Gasteiger partial charge >= 0.3 is 0 Å². The Bertz CT molecular complexity index is 844. The number of carbonyl (C=O) groups excluding carboxylic acids is 1. The molecule has 2 aromatic heterocycles. The topological polar surface area (TPSA) is 73.2 Å². The molecule has 2 aromatic rings. The summed E-state index contributed by atoms with van der Waals surface area (Å²) in [4.78, 5) is 31.6. The molecule has 25 heavy (non-hydrogen) atoms. The number of nitrogens with zero attached hydrogens (tertiary/aromatic N) is 2. The highest BCUT2D eigenvalue weighted by molar-refractivity contribution is 7.99. The molecule has 1 atom stereocenters. The van der Waals surface area contributed by atoms with Gasteiger partial charge in [0.1, 0.15) is 4.83 Å². The minimum Gasteiger partial charge on any atom is -0.383 e. The van der Waals surface area contributed by atoms with Crippen LogP contribution in [0.25, 0.3) is 10.2 Å². The number of carbonyl (C=O) groups is 1. The minimum absolute atomic E-state index is 0.0000548. The van der Waals surface area contributed by atoms with E-state index in [9.17, 15) is 9.59 Å². The average molecular weight is 382 g/mol. The lowest BCUT2D eigenvalue weighted by Crippen LogP contribution is -2.36. The van der Waals surface area contributed by atoms with E-state index in [4.69, 9.17) is 4.74 Å². The molecule has 6 nitrogen and oxygen atoms in total. The highest BCUT2D eigenvalue weighted by Gasteiger charge is 2.21. The van der Waals surface area contributed by atoms with E-state index in [-0.39, 0.29) is 23.3 Å². The monoisotopic (exact) mass is 381 g/mol. The van der Waals surface area contributed by atoms with Crippen LogP contribution in [0.5, 0.6) is 0 Å². The lowest BCUT2D eigenvalue weighted by Gasteiger charge is -2.13. The van der Waals surface area contributed by atoms with Gasteiger partial charge in [0.2, 0.25) is 5.91 Å². The molecule has 1 N–H and O–H groups in total. The van der Waals surface area contributed by atoms with Gasteiger partial charge in [-0.1, -0.05) is 11.8 Å². The van der Waals surface area contributed by atoms with Crippen molar-refractivity contribution in [3.63, 3.8) is 0 Å². The Balaban J connectivity index is 1.79. The number of amides is 1. The fraction of sp³-hybridized carbons (Fsp3) is 0.588. The van der Waals surface area contributed by atoms with E-state index in [1.165, 1.54) is 28.6 Å². The molecule has 3 rings (SSSR count). The Hall–Kier alpha value is -1.38. The zero-order valence-corrected chi connectivity index (χ0v) is 16.4. The van der Waals surface area contributed by atoms with E-state index >= 15 is 0 Å². The third-order valence-electron chi connectivity index (χ3n) is 4.31. The molecule has 0 aromatic carbocycles. The van der Waals surface area contributed by atoms with Crippen LogP contribution in [0.4, 0.5) is 0 Å². The molecular formula is C17H23N3O3S2. The maximum Gasteiger partial charge on any atom is 0.262 e. The van der Waals surface area contributed by atoms with Gasteiger partial charge in [-0.2, -0.15) is 0 Å². The Morgan fingerprint density at radius 2 is 2.20 bits per heavy atom. The first kappa shape index (κ1) is 18.4. The van der Waals surface area contributed by atoms with E-state index in [0.717, 1.165) is 29.5 Å². The van der Waals surface area contributed by atoms with Crippen molar-refractivity contribution in [3.8, 4) is 0 Å². The molecule has 1 aliphatic carbocycles. The first-order valence-electron chi connectivity index (χ1n) is 8.43. The number of hydrogen-bond donors (Lipinski definition) is 1. The van der Waals surface area contributed by atoms with Crippen LogP contribution < -0.4 is 10.9 Å². The summed E-state index contributed by atoms with van der Waals surface area (Å²) in [5.74, 6) is 0.139. The number of fused-ring (bicyclic) bond motifs is 3. The molecule has 1 amide bonds. The molecule has 0 aliphatic heterocycles. The fourth-order valence-corrected chi connectivity index (χ4v) is 5.22. The second kappa shape index (κ2) is 7.88. The highest BCUT2D eigenvalue weighted by atomic mass is 32.2. The number of hydrogen-bond acceptors (Lipinski definition) is 6.